The fourth-order valence-corrected chi connectivity index (χ4v) is 9.51. The van der Waals surface area contributed by atoms with Crippen LogP contribution in [0.25, 0.3) is 0 Å². The molecule has 0 saturated heterocycles. The highest BCUT2D eigenvalue weighted by molar-refractivity contribution is 7.95. The molecule has 43 heavy (non-hydrogen) atoms. The van der Waals surface area contributed by atoms with Crippen LogP contribution >= 0.6 is 18.9 Å². The Kier molecular flexibility index (Phi) is 12.6. The summed E-state index contributed by atoms with van der Waals surface area (Å²) in [7, 11) is -1.74. The van der Waals surface area contributed by atoms with E-state index in [-0.39, 0.29) is 5.91 Å². The minimum atomic E-state index is -1.74. The number of unbranched alkanes of at least 4 members (excludes halogenated alkanes) is 3. The van der Waals surface area contributed by atoms with Gasteiger partial charge in [0.1, 0.15) is 23.2 Å². The van der Waals surface area contributed by atoms with Gasteiger partial charge in [-0.1, -0.05) is 61.0 Å². The van der Waals surface area contributed by atoms with Crippen LogP contribution in [0.3, 0.4) is 0 Å². The summed E-state index contributed by atoms with van der Waals surface area (Å²) in [6.45, 7) is 0.698. The second-order valence-corrected chi connectivity index (χ2v) is 13.9. The zero-order valence-electron chi connectivity index (χ0n) is 24.1. The van der Waals surface area contributed by atoms with Crippen molar-refractivity contribution in [3.63, 3.8) is 0 Å². The van der Waals surface area contributed by atoms with Crippen molar-refractivity contribution in [1.29, 1.82) is 0 Å². The summed E-state index contributed by atoms with van der Waals surface area (Å²) in [5, 5.41) is 6.86. The zero-order valence-corrected chi connectivity index (χ0v) is 25.7. The maximum absolute atomic E-state index is 12.2. The monoisotopic (exact) mass is 608 g/mol. The Morgan fingerprint density at radius 2 is 1.05 bits per heavy atom. The number of rotatable bonds is 12. The van der Waals surface area contributed by atoms with Gasteiger partial charge in [0, 0.05) is 31.3 Å². The van der Waals surface area contributed by atoms with Crippen molar-refractivity contribution in [2.24, 2.45) is 0 Å². The van der Waals surface area contributed by atoms with Crippen LogP contribution in [0.5, 0.6) is 0 Å². The van der Waals surface area contributed by atoms with Crippen LogP contribution in [0.1, 0.15) is 46.4 Å². The molecule has 0 unspecified atom stereocenters. The zero-order chi connectivity index (χ0) is 30.2. The molecule has 7 heteroatoms. The van der Waals surface area contributed by atoms with E-state index in [0.717, 1.165) is 31.8 Å². The molecular weight excluding hydrogens is 573 g/mol. The van der Waals surface area contributed by atoms with Gasteiger partial charge in [-0.2, -0.15) is 0 Å². The van der Waals surface area contributed by atoms with Gasteiger partial charge >= 0.3 is 0 Å². The van der Waals surface area contributed by atoms with Gasteiger partial charge in [-0.3, -0.25) is 19.6 Å². The number of hydrogen-bond donors (Lipinski definition) is 1. The number of aromatic nitrogens is 2. The first-order valence-electron chi connectivity index (χ1n) is 14.4. The molecule has 5 rings (SSSR count). The van der Waals surface area contributed by atoms with Crippen molar-refractivity contribution in [2.45, 2.75) is 25.7 Å². The van der Waals surface area contributed by atoms with Crippen molar-refractivity contribution < 1.29 is 9.59 Å². The van der Waals surface area contributed by atoms with Crippen molar-refractivity contribution in [2.75, 3.05) is 12.7 Å². The second kappa shape index (κ2) is 17.1. The Bertz CT molecular complexity index is 1430. The van der Waals surface area contributed by atoms with Gasteiger partial charge in [-0.05, 0) is 91.5 Å². The highest BCUT2D eigenvalue weighted by Crippen LogP contribution is 2.55. The molecule has 218 valence electrons. The van der Waals surface area contributed by atoms with E-state index in [9.17, 15) is 9.59 Å². The second-order valence-electron chi connectivity index (χ2n) is 9.97. The average molecular weight is 609 g/mol. The van der Waals surface area contributed by atoms with Crippen LogP contribution in [-0.2, 0) is 0 Å². The fourth-order valence-electron chi connectivity index (χ4n) is 4.99. The molecular formula is C36H36ClN3O2P+. The van der Waals surface area contributed by atoms with E-state index in [1.807, 2.05) is 0 Å². The molecule has 0 fully saturated rings. The van der Waals surface area contributed by atoms with Crippen LogP contribution < -0.4 is 21.2 Å². The van der Waals surface area contributed by atoms with Crippen LogP contribution in [0, 0.1) is 0 Å². The minimum absolute atomic E-state index is 0.0460. The largest absolute Gasteiger partial charge is 0.352 e. The number of carbonyl (C=O) groups is 2. The molecule has 2 aromatic heterocycles. The Hall–Kier alpha value is -4.18. The lowest BCUT2D eigenvalue weighted by Crippen LogP contribution is -2.33. The van der Waals surface area contributed by atoms with Crippen molar-refractivity contribution >= 4 is 45.9 Å². The molecule has 0 aliphatic heterocycles. The number of nitrogens with one attached hydrogen (secondary N) is 1. The summed E-state index contributed by atoms with van der Waals surface area (Å²) in [6, 6.07) is 40.0. The predicted octanol–water partition coefficient (Wildman–Crippen LogP) is 6.83. The van der Waals surface area contributed by atoms with Crippen molar-refractivity contribution in [3.05, 3.63) is 151 Å². The van der Waals surface area contributed by atoms with Crippen LogP contribution in [-0.4, -0.2) is 33.8 Å². The summed E-state index contributed by atoms with van der Waals surface area (Å²) >= 11 is 5.12. The Labute approximate surface area is 259 Å². The van der Waals surface area contributed by atoms with Crippen molar-refractivity contribution in [3.8, 4) is 0 Å². The van der Waals surface area contributed by atoms with Gasteiger partial charge in [0.2, 0.25) is 0 Å². The van der Waals surface area contributed by atoms with E-state index < -0.39 is 12.5 Å². The maximum atomic E-state index is 12.2. The standard InChI is InChI=1S/C30H31N2OP.C6H4ClNO/c33-30(26-15-14-22-31-25-26)32-23-12-1-2-13-24-34(27-16-6-3-7-17-27,28-18-8-4-9-19-28)29-20-10-5-11-21-29;7-6(9)5-2-1-3-8-4-5/h3-11,14-22,25H,1-2,12-13,23-24H2;1-4H/p+1. The van der Waals surface area contributed by atoms with Crippen molar-refractivity contribution in [1.82, 2.24) is 15.3 Å². The topological polar surface area (TPSA) is 72.0 Å². The molecule has 0 aliphatic carbocycles. The lowest BCUT2D eigenvalue weighted by Gasteiger charge is -2.27. The highest BCUT2D eigenvalue weighted by Gasteiger charge is 2.44. The molecule has 3 aromatic carbocycles. The Morgan fingerprint density at radius 3 is 1.47 bits per heavy atom. The molecule has 2 heterocycles. The summed E-state index contributed by atoms with van der Waals surface area (Å²) in [5.41, 5.74) is 1.05. The van der Waals surface area contributed by atoms with Gasteiger partial charge in [0.15, 0.2) is 0 Å². The number of halogens is 1. The summed E-state index contributed by atoms with van der Waals surface area (Å²) in [6.07, 6.45) is 11.8. The predicted molar refractivity (Wildman–Crippen MR) is 179 cm³/mol. The normalized spacial score (nSPS) is 10.7. The minimum Gasteiger partial charge on any atom is -0.352 e. The summed E-state index contributed by atoms with van der Waals surface area (Å²) in [4.78, 5) is 30.3. The van der Waals surface area contributed by atoms with E-state index in [1.165, 1.54) is 22.1 Å². The highest BCUT2D eigenvalue weighted by atomic mass is 35.5. The maximum Gasteiger partial charge on any atom is 0.253 e. The van der Waals surface area contributed by atoms with Crippen LogP contribution in [0.4, 0.5) is 0 Å². The van der Waals surface area contributed by atoms with E-state index in [2.05, 4.69) is 106 Å². The van der Waals surface area contributed by atoms with E-state index in [0.29, 0.717) is 17.7 Å². The van der Waals surface area contributed by atoms with Crippen LogP contribution in [0.2, 0.25) is 0 Å². The molecule has 0 saturated carbocycles. The third-order valence-corrected chi connectivity index (χ3v) is 11.9. The molecule has 1 N–H and O–H groups in total. The lowest BCUT2D eigenvalue weighted by molar-refractivity contribution is 0.0952. The van der Waals surface area contributed by atoms with Gasteiger partial charge in [0.05, 0.1) is 17.3 Å². The molecule has 5 nitrogen and oxygen atoms in total. The molecule has 5 aromatic rings. The first kappa shape index (κ1) is 31.7. The summed E-state index contributed by atoms with van der Waals surface area (Å²) < 4.78 is 0. The molecule has 1 amide bonds. The van der Waals surface area contributed by atoms with E-state index in [4.69, 9.17) is 11.6 Å². The van der Waals surface area contributed by atoms with Gasteiger partial charge < -0.3 is 5.32 Å². The van der Waals surface area contributed by atoms with E-state index >= 15 is 0 Å². The Morgan fingerprint density at radius 1 is 0.581 bits per heavy atom. The Balaban J connectivity index is 0.000000403. The van der Waals surface area contributed by atoms with E-state index in [1.54, 1.807) is 42.9 Å². The quantitative estimate of drug-likeness (QED) is 0.0958. The number of nitrogens with zero attached hydrogens (tertiary/aromatic N) is 2. The average Bonchev–Trinajstić information content (AvgIpc) is 3.08. The number of carbonyl (C=O) groups excluding carboxylic acids is 2. The first-order chi connectivity index (χ1) is 21.1. The molecule has 0 spiro atoms. The van der Waals surface area contributed by atoms with Gasteiger partial charge in [-0.15, -0.1) is 0 Å². The third-order valence-electron chi connectivity index (χ3n) is 7.11. The smallest absolute Gasteiger partial charge is 0.253 e. The number of hydrogen-bond acceptors (Lipinski definition) is 4. The third kappa shape index (κ3) is 9.15. The summed E-state index contributed by atoms with van der Waals surface area (Å²) in [5.74, 6) is -0.0460. The first-order valence-corrected chi connectivity index (χ1v) is 16.8. The lowest BCUT2D eigenvalue weighted by atomic mass is 10.2. The molecule has 0 atom stereocenters. The number of benzene rings is 3. The molecule has 0 radical (unpaired) electrons. The van der Waals surface area contributed by atoms with Gasteiger partial charge in [0.25, 0.3) is 11.1 Å². The molecule has 0 bridgehead atoms. The van der Waals surface area contributed by atoms with Gasteiger partial charge in [-0.25, -0.2) is 0 Å². The number of amides is 1. The fraction of sp³-hybridized carbons (Fsp3) is 0.167. The SMILES string of the molecule is O=C(Cl)c1cccnc1.O=C(NCCCCCC[P+](c1ccccc1)(c1ccccc1)c1ccccc1)c1cccnc1. The molecule has 0 aliphatic rings. The van der Waals surface area contributed by atoms with Crippen LogP contribution in [0.15, 0.2) is 140 Å². The number of pyridine rings is 2.